The van der Waals surface area contributed by atoms with Gasteiger partial charge in [0, 0.05) is 0 Å². The van der Waals surface area contributed by atoms with Crippen LogP contribution in [0.25, 0.3) is 0 Å². The van der Waals surface area contributed by atoms with Gasteiger partial charge in [-0.1, -0.05) is 19.9 Å². The molecule has 0 saturated heterocycles. The summed E-state index contributed by atoms with van der Waals surface area (Å²) in [5, 5.41) is 8.24. The molecule has 84 valence electrons. The van der Waals surface area contributed by atoms with Crippen molar-refractivity contribution in [3.63, 3.8) is 0 Å². The quantitative estimate of drug-likeness (QED) is 0.349. The summed E-state index contributed by atoms with van der Waals surface area (Å²) >= 11 is 0. The van der Waals surface area contributed by atoms with Crippen molar-refractivity contribution in [3.8, 4) is 6.07 Å². The molecular formula is C11H17NO3. The molecule has 0 atom stereocenters. The average Bonchev–Trinajstić information content (AvgIpc) is 2.24. The van der Waals surface area contributed by atoms with Crippen LogP contribution in [0.5, 0.6) is 0 Å². The van der Waals surface area contributed by atoms with Gasteiger partial charge >= 0.3 is 5.97 Å². The Hall–Kier alpha value is -1.34. The van der Waals surface area contributed by atoms with E-state index < -0.39 is 5.97 Å². The van der Waals surface area contributed by atoms with E-state index in [1.54, 1.807) is 0 Å². The standard InChI is InChI=1S/C11H17NO3/c1-3-4-8-15-11(13)10(2)9-14-7-5-6-12/h2-5,7-9H2,1H3. The minimum absolute atomic E-state index is 0.132. The van der Waals surface area contributed by atoms with E-state index in [2.05, 4.69) is 6.58 Å². The molecule has 0 aliphatic rings. The average molecular weight is 211 g/mol. The van der Waals surface area contributed by atoms with Crippen molar-refractivity contribution in [2.24, 2.45) is 0 Å². The van der Waals surface area contributed by atoms with Crippen LogP contribution >= 0.6 is 0 Å². The van der Waals surface area contributed by atoms with Crippen molar-refractivity contribution in [1.82, 2.24) is 0 Å². The lowest BCUT2D eigenvalue weighted by Gasteiger charge is -2.06. The first-order valence-corrected chi connectivity index (χ1v) is 5.02. The summed E-state index contributed by atoms with van der Waals surface area (Å²) in [5.74, 6) is -0.416. The summed E-state index contributed by atoms with van der Waals surface area (Å²) < 4.78 is 9.96. The maximum absolute atomic E-state index is 11.2. The maximum atomic E-state index is 11.2. The molecule has 0 N–H and O–H groups in total. The fourth-order valence-corrected chi connectivity index (χ4v) is 0.783. The molecule has 4 heteroatoms. The second-order valence-corrected chi connectivity index (χ2v) is 3.05. The lowest BCUT2D eigenvalue weighted by molar-refractivity contribution is -0.139. The predicted molar refractivity (Wildman–Crippen MR) is 56.1 cm³/mol. The molecule has 0 heterocycles. The fourth-order valence-electron chi connectivity index (χ4n) is 0.783. The van der Waals surface area contributed by atoms with Crippen molar-refractivity contribution in [2.75, 3.05) is 19.8 Å². The number of nitriles is 1. The van der Waals surface area contributed by atoms with Gasteiger partial charge in [-0.15, -0.1) is 0 Å². The van der Waals surface area contributed by atoms with Crippen LogP contribution < -0.4 is 0 Å². The van der Waals surface area contributed by atoms with Crippen molar-refractivity contribution in [2.45, 2.75) is 26.2 Å². The first-order chi connectivity index (χ1) is 7.22. The zero-order valence-electron chi connectivity index (χ0n) is 9.12. The number of rotatable bonds is 8. The van der Waals surface area contributed by atoms with Crippen LogP contribution in [0.1, 0.15) is 26.2 Å². The van der Waals surface area contributed by atoms with Gasteiger partial charge in [-0.25, -0.2) is 4.79 Å². The van der Waals surface area contributed by atoms with Crippen LogP contribution in [0.4, 0.5) is 0 Å². The molecular weight excluding hydrogens is 194 g/mol. The van der Waals surface area contributed by atoms with E-state index in [0.717, 1.165) is 12.8 Å². The van der Waals surface area contributed by atoms with E-state index >= 15 is 0 Å². The number of carbonyl (C=O) groups excluding carboxylic acids is 1. The van der Waals surface area contributed by atoms with Gasteiger partial charge in [0.05, 0.1) is 37.9 Å². The van der Waals surface area contributed by atoms with E-state index in [0.29, 0.717) is 25.2 Å². The molecule has 0 aromatic rings. The van der Waals surface area contributed by atoms with E-state index in [4.69, 9.17) is 14.7 Å². The van der Waals surface area contributed by atoms with Gasteiger partial charge in [0.2, 0.25) is 0 Å². The highest BCUT2D eigenvalue weighted by Gasteiger charge is 2.07. The molecule has 0 aliphatic heterocycles. The molecule has 0 fully saturated rings. The molecule has 0 radical (unpaired) electrons. The van der Waals surface area contributed by atoms with E-state index in [9.17, 15) is 4.79 Å². The summed E-state index contributed by atoms with van der Waals surface area (Å²) in [6, 6.07) is 1.94. The Morgan fingerprint density at radius 2 is 2.20 bits per heavy atom. The number of unbranched alkanes of at least 4 members (excludes halogenated alkanes) is 1. The fraction of sp³-hybridized carbons (Fsp3) is 0.636. The van der Waals surface area contributed by atoms with Crippen molar-refractivity contribution in [3.05, 3.63) is 12.2 Å². The van der Waals surface area contributed by atoms with E-state index in [1.165, 1.54) is 0 Å². The molecule has 0 aromatic carbocycles. The highest BCUT2D eigenvalue weighted by molar-refractivity contribution is 5.87. The van der Waals surface area contributed by atoms with Crippen molar-refractivity contribution < 1.29 is 14.3 Å². The summed E-state index contributed by atoms with van der Waals surface area (Å²) in [4.78, 5) is 11.2. The summed E-state index contributed by atoms with van der Waals surface area (Å²) in [6.07, 6.45) is 2.16. The second-order valence-electron chi connectivity index (χ2n) is 3.05. The Bertz CT molecular complexity index is 243. The molecule has 0 spiro atoms. The number of nitrogens with zero attached hydrogens (tertiary/aromatic N) is 1. The smallest absolute Gasteiger partial charge is 0.335 e. The Kier molecular flexibility index (Phi) is 8.40. The van der Waals surface area contributed by atoms with Gasteiger partial charge in [0.15, 0.2) is 0 Å². The molecule has 0 amide bonds. The van der Waals surface area contributed by atoms with Crippen LogP contribution in [-0.2, 0) is 14.3 Å². The zero-order valence-corrected chi connectivity index (χ0v) is 9.12. The van der Waals surface area contributed by atoms with Gasteiger partial charge in [-0.2, -0.15) is 5.26 Å². The van der Waals surface area contributed by atoms with Crippen LogP contribution in [0.2, 0.25) is 0 Å². The number of carbonyl (C=O) groups is 1. The van der Waals surface area contributed by atoms with Gasteiger partial charge in [-0.3, -0.25) is 0 Å². The lowest BCUT2D eigenvalue weighted by atomic mass is 10.3. The van der Waals surface area contributed by atoms with E-state index in [1.807, 2.05) is 13.0 Å². The van der Waals surface area contributed by atoms with Gasteiger partial charge in [-0.05, 0) is 6.42 Å². The molecule has 0 saturated carbocycles. The topological polar surface area (TPSA) is 59.3 Å². The number of hydrogen-bond donors (Lipinski definition) is 0. The molecule has 15 heavy (non-hydrogen) atoms. The minimum Gasteiger partial charge on any atom is -0.462 e. The lowest BCUT2D eigenvalue weighted by Crippen LogP contribution is -2.12. The van der Waals surface area contributed by atoms with Crippen LogP contribution in [-0.4, -0.2) is 25.8 Å². The van der Waals surface area contributed by atoms with Gasteiger partial charge < -0.3 is 9.47 Å². The van der Waals surface area contributed by atoms with E-state index in [-0.39, 0.29) is 6.61 Å². The first kappa shape index (κ1) is 13.7. The maximum Gasteiger partial charge on any atom is 0.335 e. The summed E-state index contributed by atoms with van der Waals surface area (Å²) in [7, 11) is 0. The number of hydrogen-bond acceptors (Lipinski definition) is 4. The van der Waals surface area contributed by atoms with Crippen molar-refractivity contribution in [1.29, 1.82) is 5.26 Å². The minimum atomic E-state index is -0.416. The normalized spacial score (nSPS) is 9.33. The molecule has 0 aliphatic carbocycles. The molecule has 4 nitrogen and oxygen atoms in total. The summed E-state index contributed by atoms with van der Waals surface area (Å²) in [5.41, 5.74) is 0.295. The highest BCUT2D eigenvalue weighted by atomic mass is 16.5. The van der Waals surface area contributed by atoms with Crippen LogP contribution in [0.15, 0.2) is 12.2 Å². The molecule has 0 unspecified atom stereocenters. The third-order valence-corrected chi connectivity index (χ3v) is 1.65. The monoisotopic (exact) mass is 211 g/mol. The second kappa shape index (κ2) is 9.22. The Labute approximate surface area is 90.5 Å². The predicted octanol–water partition coefficient (Wildman–Crippen LogP) is 1.82. The number of ether oxygens (including phenoxy) is 2. The Morgan fingerprint density at radius 1 is 1.47 bits per heavy atom. The van der Waals surface area contributed by atoms with Gasteiger partial charge in [0.25, 0.3) is 0 Å². The summed E-state index contributed by atoms with van der Waals surface area (Å²) in [6.45, 7) is 6.44. The Morgan fingerprint density at radius 3 is 2.80 bits per heavy atom. The largest absolute Gasteiger partial charge is 0.462 e. The first-order valence-electron chi connectivity index (χ1n) is 5.02. The third kappa shape index (κ3) is 7.71. The molecule has 0 rings (SSSR count). The highest BCUT2D eigenvalue weighted by Crippen LogP contribution is 1.98. The van der Waals surface area contributed by atoms with Gasteiger partial charge in [0.1, 0.15) is 0 Å². The molecule has 0 bridgehead atoms. The SMILES string of the molecule is C=C(COCCC#N)C(=O)OCCCC. The van der Waals surface area contributed by atoms with Crippen molar-refractivity contribution >= 4 is 5.97 Å². The number of esters is 1. The van der Waals surface area contributed by atoms with Crippen LogP contribution in [0, 0.1) is 11.3 Å². The zero-order chi connectivity index (χ0) is 11.5. The van der Waals surface area contributed by atoms with Crippen LogP contribution in [0.3, 0.4) is 0 Å². The molecule has 0 aromatic heterocycles. The Balaban J connectivity index is 3.52. The third-order valence-electron chi connectivity index (χ3n) is 1.65.